The van der Waals surface area contributed by atoms with Crippen molar-refractivity contribution in [2.24, 2.45) is 5.92 Å². The highest BCUT2D eigenvalue weighted by molar-refractivity contribution is 5.98. The van der Waals surface area contributed by atoms with Crippen LogP contribution in [0.15, 0.2) is 42.5 Å². The van der Waals surface area contributed by atoms with Crippen LogP contribution >= 0.6 is 0 Å². The molecule has 2 aliphatic heterocycles. The predicted octanol–water partition coefficient (Wildman–Crippen LogP) is 4.25. The lowest BCUT2D eigenvalue weighted by Crippen LogP contribution is -2.34. The Morgan fingerprint density at radius 3 is 2.60 bits per heavy atom. The van der Waals surface area contributed by atoms with Crippen molar-refractivity contribution in [1.29, 1.82) is 0 Å². The first-order chi connectivity index (χ1) is 12.1. The number of anilines is 3. The molecule has 2 aliphatic rings. The molecule has 0 radical (unpaired) electrons. The third-order valence-corrected chi connectivity index (χ3v) is 5.27. The number of piperidine rings is 1. The second-order valence-electron chi connectivity index (χ2n) is 7.40. The zero-order valence-electron chi connectivity index (χ0n) is 15.0. The highest BCUT2D eigenvalue weighted by Crippen LogP contribution is 2.28. The van der Waals surface area contributed by atoms with Gasteiger partial charge in [-0.2, -0.15) is 0 Å². The lowest BCUT2D eigenvalue weighted by atomic mass is 10.00. The fraction of sp³-hybridized carbons (Fsp3) is 0.381. The average Bonchev–Trinajstić information content (AvgIpc) is 2.89. The van der Waals surface area contributed by atoms with Gasteiger partial charge in [-0.1, -0.05) is 6.92 Å². The fourth-order valence-electron chi connectivity index (χ4n) is 3.89. The van der Waals surface area contributed by atoms with E-state index in [2.05, 4.69) is 47.5 Å². The molecule has 0 aromatic heterocycles. The van der Waals surface area contributed by atoms with Crippen molar-refractivity contribution in [1.82, 2.24) is 4.90 Å². The molecule has 0 spiro atoms. The van der Waals surface area contributed by atoms with Crippen LogP contribution in [0.2, 0.25) is 0 Å². The van der Waals surface area contributed by atoms with Crippen LogP contribution in [0.1, 0.15) is 35.7 Å². The molecule has 1 atom stereocenters. The molecular formula is C21H25N3O. The van der Waals surface area contributed by atoms with Gasteiger partial charge in [0, 0.05) is 49.3 Å². The monoisotopic (exact) mass is 335 g/mol. The quantitative estimate of drug-likeness (QED) is 0.911. The molecular weight excluding hydrogens is 310 g/mol. The molecule has 2 aromatic rings. The first kappa shape index (κ1) is 16.0. The Labute approximate surface area is 149 Å². The number of hydrogen-bond acceptors (Lipinski definition) is 3. The molecule has 2 heterocycles. The van der Waals surface area contributed by atoms with Gasteiger partial charge in [0.15, 0.2) is 0 Å². The molecule has 25 heavy (non-hydrogen) atoms. The van der Waals surface area contributed by atoms with E-state index in [0.29, 0.717) is 6.54 Å². The maximum atomic E-state index is 12.0. The zero-order valence-corrected chi connectivity index (χ0v) is 15.0. The lowest BCUT2D eigenvalue weighted by molar-refractivity contribution is 0.0816. The van der Waals surface area contributed by atoms with Gasteiger partial charge in [0.1, 0.15) is 0 Å². The highest BCUT2D eigenvalue weighted by Gasteiger charge is 2.24. The van der Waals surface area contributed by atoms with E-state index in [4.69, 9.17) is 0 Å². The molecule has 2 aromatic carbocycles. The molecule has 130 valence electrons. The van der Waals surface area contributed by atoms with Crippen LogP contribution < -0.4 is 10.2 Å². The van der Waals surface area contributed by atoms with Crippen LogP contribution in [-0.2, 0) is 6.54 Å². The summed E-state index contributed by atoms with van der Waals surface area (Å²) < 4.78 is 0. The minimum atomic E-state index is 0.113. The molecule has 1 saturated heterocycles. The van der Waals surface area contributed by atoms with Crippen molar-refractivity contribution in [3.8, 4) is 0 Å². The zero-order chi connectivity index (χ0) is 17.4. The minimum Gasteiger partial charge on any atom is -0.371 e. The highest BCUT2D eigenvalue weighted by atomic mass is 16.2. The summed E-state index contributed by atoms with van der Waals surface area (Å²) in [4.78, 5) is 16.2. The number of carbonyl (C=O) groups excluding carboxylic acids is 1. The van der Waals surface area contributed by atoms with E-state index >= 15 is 0 Å². The summed E-state index contributed by atoms with van der Waals surface area (Å²) in [5, 5.41) is 3.45. The second kappa shape index (κ2) is 6.43. The maximum Gasteiger partial charge on any atom is 0.254 e. The SMILES string of the molecule is CC1CCCN(c2ccc(Nc3ccc4c(c3)CN(C)C4=O)cc2)C1. The second-order valence-corrected chi connectivity index (χ2v) is 7.40. The molecule has 1 amide bonds. The summed E-state index contributed by atoms with van der Waals surface area (Å²) in [5.41, 5.74) is 5.32. The smallest absolute Gasteiger partial charge is 0.254 e. The molecule has 4 nitrogen and oxygen atoms in total. The van der Waals surface area contributed by atoms with E-state index < -0.39 is 0 Å². The standard InChI is InChI=1S/C21H25N3O/c1-15-4-3-11-24(13-15)19-8-5-17(6-9-19)22-18-7-10-20-16(12-18)14-23(2)21(20)25/h5-10,12,15,22H,3-4,11,13-14H2,1-2H3. The predicted molar refractivity (Wildman–Crippen MR) is 103 cm³/mol. The van der Waals surface area contributed by atoms with E-state index in [1.807, 2.05) is 19.2 Å². The van der Waals surface area contributed by atoms with Gasteiger partial charge in [0.05, 0.1) is 0 Å². The van der Waals surface area contributed by atoms with E-state index in [1.165, 1.54) is 18.5 Å². The summed E-state index contributed by atoms with van der Waals surface area (Å²) in [5.74, 6) is 0.889. The summed E-state index contributed by atoms with van der Waals surface area (Å²) in [6.07, 6.45) is 2.62. The average molecular weight is 335 g/mol. The number of amides is 1. The normalized spacial score (nSPS) is 19.9. The number of hydrogen-bond donors (Lipinski definition) is 1. The first-order valence-corrected chi connectivity index (χ1v) is 9.10. The summed E-state index contributed by atoms with van der Waals surface area (Å²) in [6, 6.07) is 14.7. The van der Waals surface area contributed by atoms with Crippen molar-refractivity contribution < 1.29 is 4.79 Å². The van der Waals surface area contributed by atoms with Crippen LogP contribution in [-0.4, -0.2) is 30.9 Å². The van der Waals surface area contributed by atoms with Crippen LogP contribution in [0.5, 0.6) is 0 Å². The molecule has 0 saturated carbocycles. The Morgan fingerprint density at radius 2 is 1.84 bits per heavy atom. The summed E-state index contributed by atoms with van der Waals surface area (Å²) >= 11 is 0. The summed E-state index contributed by atoms with van der Waals surface area (Å²) in [7, 11) is 1.84. The Bertz CT molecular complexity index is 784. The third kappa shape index (κ3) is 3.21. The van der Waals surface area contributed by atoms with Gasteiger partial charge >= 0.3 is 0 Å². The van der Waals surface area contributed by atoms with Gasteiger partial charge in [0.25, 0.3) is 5.91 Å². The van der Waals surface area contributed by atoms with Crippen LogP contribution in [0.3, 0.4) is 0 Å². The Balaban J connectivity index is 1.47. The van der Waals surface area contributed by atoms with Crippen molar-refractivity contribution >= 4 is 23.0 Å². The van der Waals surface area contributed by atoms with Gasteiger partial charge in [-0.25, -0.2) is 0 Å². The molecule has 0 aliphatic carbocycles. The van der Waals surface area contributed by atoms with E-state index in [9.17, 15) is 4.79 Å². The first-order valence-electron chi connectivity index (χ1n) is 9.10. The van der Waals surface area contributed by atoms with Crippen molar-refractivity contribution in [2.75, 3.05) is 30.4 Å². The number of nitrogens with zero attached hydrogens (tertiary/aromatic N) is 2. The number of carbonyl (C=O) groups is 1. The Hall–Kier alpha value is -2.49. The van der Waals surface area contributed by atoms with Crippen LogP contribution in [0.25, 0.3) is 0 Å². The largest absolute Gasteiger partial charge is 0.371 e. The molecule has 0 bridgehead atoms. The molecule has 1 unspecified atom stereocenters. The Morgan fingerprint density at radius 1 is 1.08 bits per heavy atom. The van der Waals surface area contributed by atoms with Gasteiger partial charge in [0.2, 0.25) is 0 Å². The van der Waals surface area contributed by atoms with Crippen molar-refractivity contribution in [3.63, 3.8) is 0 Å². The lowest BCUT2D eigenvalue weighted by Gasteiger charge is -2.32. The summed E-state index contributed by atoms with van der Waals surface area (Å²) in [6.45, 7) is 5.33. The van der Waals surface area contributed by atoms with E-state index in [-0.39, 0.29) is 5.91 Å². The van der Waals surface area contributed by atoms with Gasteiger partial charge in [-0.15, -0.1) is 0 Å². The number of rotatable bonds is 3. The number of fused-ring (bicyclic) bond motifs is 1. The van der Waals surface area contributed by atoms with Crippen molar-refractivity contribution in [3.05, 3.63) is 53.6 Å². The molecule has 1 fully saturated rings. The van der Waals surface area contributed by atoms with Crippen LogP contribution in [0.4, 0.5) is 17.1 Å². The van der Waals surface area contributed by atoms with Gasteiger partial charge < -0.3 is 15.1 Å². The van der Waals surface area contributed by atoms with Crippen LogP contribution in [0, 0.1) is 5.92 Å². The molecule has 1 N–H and O–H groups in total. The van der Waals surface area contributed by atoms with E-state index in [1.54, 1.807) is 4.90 Å². The maximum absolute atomic E-state index is 12.0. The van der Waals surface area contributed by atoms with Gasteiger partial charge in [-0.05, 0) is 66.8 Å². The Kier molecular flexibility index (Phi) is 4.12. The number of nitrogens with one attached hydrogen (secondary N) is 1. The van der Waals surface area contributed by atoms with Gasteiger partial charge in [-0.3, -0.25) is 4.79 Å². The molecule has 4 rings (SSSR count). The minimum absolute atomic E-state index is 0.113. The van der Waals surface area contributed by atoms with Crippen molar-refractivity contribution in [2.45, 2.75) is 26.3 Å². The molecule has 4 heteroatoms. The fourth-order valence-corrected chi connectivity index (χ4v) is 3.89. The third-order valence-electron chi connectivity index (χ3n) is 5.27. The topological polar surface area (TPSA) is 35.6 Å². The number of benzene rings is 2. The van der Waals surface area contributed by atoms with E-state index in [0.717, 1.165) is 41.5 Å².